The zero-order valence-corrected chi connectivity index (χ0v) is 12.5. The van der Waals surface area contributed by atoms with Crippen molar-refractivity contribution in [3.05, 3.63) is 52.7 Å². The molecular formula is C13H14FN3O4S. The Balaban J connectivity index is 2.07. The van der Waals surface area contributed by atoms with Gasteiger partial charge in [0.05, 0.1) is 18.6 Å². The number of hydrogen-bond acceptors (Lipinski definition) is 5. The molecule has 0 atom stereocenters. The molecule has 9 heteroatoms. The van der Waals surface area contributed by atoms with Gasteiger partial charge in [0.1, 0.15) is 0 Å². The Morgan fingerprint density at radius 1 is 1.36 bits per heavy atom. The van der Waals surface area contributed by atoms with Crippen LogP contribution in [0.5, 0.6) is 5.75 Å². The Kier molecular flexibility index (Phi) is 4.88. The summed E-state index contributed by atoms with van der Waals surface area (Å²) in [6.45, 7) is 0.0183. The standard InChI is InChI=1S/C13H14FN3O4S/c1-21-12-5-4-10(9-11(12)14)22(19,20)16-7-8-17-13(18)3-2-6-15-17/h2-6,9,16H,7-8H2,1H3. The fourth-order valence-corrected chi connectivity index (χ4v) is 2.77. The van der Waals surface area contributed by atoms with Gasteiger partial charge in [0.15, 0.2) is 11.6 Å². The van der Waals surface area contributed by atoms with Crippen molar-refractivity contribution in [3.8, 4) is 5.75 Å². The maximum Gasteiger partial charge on any atom is 0.266 e. The first-order chi connectivity index (χ1) is 10.4. The maximum absolute atomic E-state index is 13.5. The fourth-order valence-electron chi connectivity index (χ4n) is 1.74. The number of hydrogen-bond donors (Lipinski definition) is 1. The van der Waals surface area contributed by atoms with Crippen LogP contribution in [0.15, 0.2) is 46.2 Å². The van der Waals surface area contributed by atoms with Crippen LogP contribution in [0.3, 0.4) is 0 Å². The lowest BCUT2D eigenvalue weighted by Crippen LogP contribution is -2.31. The van der Waals surface area contributed by atoms with Gasteiger partial charge in [-0.05, 0) is 24.3 Å². The van der Waals surface area contributed by atoms with Gasteiger partial charge in [0, 0.05) is 18.8 Å². The highest BCUT2D eigenvalue weighted by atomic mass is 32.2. The average Bonchev–Trinajstić information content (AvgIpc) is 2.49. The lowest BCUT2D eigenvalue weighted by atomic mass is 10.3. The highest BCUT2D eigenvalue weighted by Crippen LogP contribution is 2.20. The molecule has 0 aliphatic rings. The van der Waals surface area contributed by atoms with E-state index in [1.165, 1.54) is 37.6 Å². The van der Waals surface area contributed by atoms with Crippen LogP contribution in [-0.2, 0) is 16.6 Å². The summed E-state index contributed by atoms with van der Waals surface area (Å²) >= 11 is 0. The summed E-state index contributed by atoms with van der Waals surface area (Å²) in [6, 6.07) is 6.14. The van der Waals surface area contributed by atoms with Gasteiger partial charge in [0.25, 0.3) is 5.56 Å². The number of halogens is 1. The van der Waals surface area contributed by atoms with Crippen LogP contribution in [0.25, 0.3) is 0 Å². The molecule has 0 aliphatic carbocycles. The van der Waals surface area contributed by atoms with Gasteiger partial charge >= 0.3 is 0 Å². The first-order valence-electron chi connectivity index (χ1n) is 6.29. The first-order valence-corrected chi connectivity index (χ1v) is 7.78. The Labute approximate surface area is 126 Å². The van der Waals surface area contributed by atoms with E-state index in [1.807, 2.05) is 0 Å². The van der Waals surface area contributed by atoms with E-state index in [2.05, 4.69) is 9.82 Å². The Hall–Kier alpha value is -2.26. The van der Waals surface area contributed by atoms with Crippen molar-refractivity contribution in [1.29, 1.82) is 0 Å². The second-order valence-corrected chi connectivity index (χ2v) is 6.05. The highest BCUT2D eigenvalue weighted by molar-refractivity contribution is 7.89. The summed E-state index contributed by atoms with van der Waals surface area (Å²) in [5.41, 5.74) is -0.336. The molecule has 7 nitrogen and oxygen atoms in total. The minimum absolute atomic E-state index is 0.0426. The van der Waals surface area contributed by atoms with Crippen molar-refractivity contribution >= 4 is 10.0 Å². The number of ether oxygens (including phenoxy) is 1. The van der Waals surface area contributed by atoms with Crippen LogP contribution in [-0.4, -0.2) is 31.9 Å². The summed E-state index contributed by atoms with van der Waals surface area (Å²) in [5, 5.41) is 3.80. The van der Waals surface area contributed by atoms with E-state index in [0.717, 1.165) is 10.7 Å². The monoisotopic (exact) mass is 327 g/mol. The molecule has 118 valence electrons. The molecule has 1 aromatic carbocycles. The van der Waals surface area contributed by atoms with E-state index in [1.54, 1.807) is 0 Å². The van der Waals surface area contributed by atoms with E-state index in [4.69, 9.17) is 4.74 Å². The third-order valence-electron chi connectivity index (χ3n) is 2.83. The maximum atomic E-state index is 13.5. The zero-order chi connectivity index (χ0) is 16.2. The molecule has 1 N–H and O–H groups in total. The number of benzene rings is 1. The van der Waals surface area contributed by atoms with Crippen molar-refractivity contribution in [3.63, 3.8) is 0 Å². The molecule has 0 unspecified atom stereocenters. The van der Waals surface area contributed by atoms with Gasteiger partial charge in [-0.2, -0.15) is 5.10 Å². The predicted octanol–water partition coefficient (Wildman–Crippen LogP) is 0.369. The largest absolute Gasteiger partial charge is 0.494 e. The van der Waals surface area contributed by atoms with Crippen molar-refractivity contribution in [2.45, 2.75) is 11.4 Å². The van der Waals surface area contributed by atoms with Gasteiger partial charge in [-0.15, -0.1) is 0 Å². The minimum Gasteiger partial charge on any atom is -0.494 e. The first kappa shape index (κ1) is 16.1. The summed E-state index contributed by atoms with van der Waals surface area (Å²) in [6.07, 6.45) is 1.43. The Bertz CT molecular complexity index is 820. The highest BCUT2D eigenvalue weighted by Gasteiger charge is 2.16. The van der Waals surface area contributed by atoms with E-state index >= 15 is 0 Å². The number of aromatic nitrogens is 2. The molecule has 1 heterocycles. The van der Waals surface area contributed by atoms with Crippen LogP contribution in [0, 0.1) is 5.82 Å². The van der Waals surface area contributed by atoms with E-state index < -0.39 is 15.8 Å². The number of methoxy groups -OCH3 is 1. The van der Waals surface area contributed by atoms with E-state index in [9.17, 15) is 17.6 Å². The Morgan fingerprint density at radius 2 is 2.14 bits per heavy atom. The van der Waals surface area contributed by atoms with E-state index in [-0.39, 0.29) is 29.3 Å². The fraction of sp³-hybridized carbons (Fsp3) is 0.231. The van der Waals surface area contributed by atoms with Crippen molar-refractivity contribution in [2.24, 2.45) is 0 Å². The average molecular weight is 327 g/mol. The number of nitrogens with one attached hydrogen (secondary N) is 1. The van der Waals surface area contributed by atoms with Crippen molar-refractivity contribution in [1.82, 2.24) is 14.5 Å². The third-order valence-corrected chi connectivity index (χ3v) is 4.29. The molecule has 0 bridgehead atoms. The molecule has 2 rings (SSSR count). The molecule has 0 aliphatic heterocycles. The molecular weight excluding hydrogens is 313 g/mol. The van der Waals surface area contributed by atoms with Crippen LogP contribution < -0.4 is 15.0 Å². The molecule has 0 amide bonds. The minimum atomic E-state index is -3.88. The second kappa shape index (κ2) is 6.67. The molecule has 0 saturated carbocycles. The third kappa shape index (κ3) is 3.68. The lowest BCUT2D eigenvalue weighted by Gasteiger charge is -2.09. The van der Waals surface area contributed by atoms with Gasteiger partial charge < -0.3 is 4.74 Å². The van der Waals surface area contributed by atoms with E-state index in [0.29, 0.717) is 0 Å². The summed E-state index contributed by atoms with van der Waals surface area (Å²) in [7, 11) is -2.59. The molecule has 22 heavy (non-hydrogen) atoms. The number of rotatable bonds is 6. The summed E-state index contributed by atoms with van der Waals surface area (Å²) in [4.78, 5) is 11.2. The molecule has 0 radical (unpaired) electrons. The van der Waals surface area contributed by atoms with Crippen LogP contribution >= 0.6 is 0 Å². The summed E-state index contributed by atoms with van der Waals surface area (Å²) < 4.78 is 45.7. The van der Waals surface area contributed by atoms with Crippen molar-refractivity contribution in [2.75, 3.05) is 13.7 Å². The second-order valence-electron chi connectivity index (χ2n) is 4.28. The normalized spacial score (nSPS) is 11.4. The van der Waals surface area contributed by atoms with Gasteiger partial charge in [-0.25, -0.2) is 22.2 Å². The van der Waals surface area contributed by atoms with Gasteiger partial charge in [-0.3, -0.25) is 4.79 Å². The molecule has 2 aromatic rings. The number of sulfonamides is 1. The van der Waals surface area contributed by atoms with Crippen LogP contribution in [0.1, 0.15) is 0 Å². The van der Waals surface area contributed by atoms with Crippen LogP contribution in [0.4, 0.5) is 4.39 Å². The Morgan fingerprint density at radius 3 is 2.77 bits per heavy atom. The quantitative estimate of drug-likeness (QED) is 0.828. The SMILES string of the molecule is COc1ccc(S(=O)(=O)NCCn2ncccc2=O)cc1F. The molecule has 1 aromatic heterocycles. The molecule has 0 fully saturated rings. The van der Waals surface area contributed by atoms with Crippen LogP contribution in [0.2, 0.25) is 0 Å². The smallest absolute Gasteiger partial charge is 0.266 e. The molecule has 0 saturated heterocycles. The zero-order valence-electron chi connectivity index (χ0n) is 11.7. The van der Waals surface area contributed by atoms with Gasteiger partial charge in [0.2, 0.25) is 10.0 Å². The predicted molar refractivity (Wildman–Crippen MR) is 76.6 cm³/mol. The summed E-state index contributed by atoms with van der Waals surface area (Å²) in [5.74, 6) is -0.815. The van der Waals surface area contributed by atoms with Crippen molar-refractivity contribution < 1.29 is 17.5 Å². The van der Waals surface area contributed by atoms with Gasteiger partial charge in [-0.1, -0.05) is 0 Å². The lowest BCUT2D eigenvalue weighted by molar-refractivity contribution is 0.385. The number of nitrogens with zero attached hydrogens (tertiary/aromatic N) is 2. The molecule has 0 spiro atoms. The topological polar surface area (TPSA) is 90.3 Å².